The Labute approximate surface area is 178 Å². The first-order valence-electron chi connectivity index (χ1n) is 10.9. The molecule has 2 aromatic heterocycles. The van der Waals surface area contributed by atoms with E-state index in [-0.39, 0.29) is 6.03 Å². The lowest BCUT2D eigenvalue weighted by atomic mass is 10.0. The van der Waals surface area contributed by atoms with Gasteiger partial charge in [0.05, 0.1) is 0 Å². The van der Waals surface area contributed by atoms with Gasteiger partial charge in [0, 0.05) is 38.3 Å². The molecule has 0 radical (unpaired) electrons. The number of piperidine rings is 1. The summed E-state index contributed by atoms with van der Waals surface area (Å²) in [6.07, 6.45) is 4.62. The minimum absolute atomic E-state index is 0.0186. The summed E-state index contributed by atoms with van der Waals surface area (Å²) in [4.78, 5) is 24.0. The van der Waals surface area contributed by atoms with Crippen molar-refractivity contribution in [1.29, 1.82) is 0 Å². The second-order valence-corrected chi connectivity index (χ2v) is 8.70. The van der Waals surface area contributed by atoms with Crippen molar-refractivity contribution < 1.29 is 4.79 Å². The molecule has 158 valence electrons. The molecule has 1 aromatic carbocycles. The minimum atomic E-state index is 0.0186. The number of fused-ring (bicyclic) bond motifs is 1. The first kappa shape index (κ1) is 20.4. The van der Waals surface area contributed by atoms with E-state index in [2.05, 4.69) is 59.9 Å². The van der Waals surface area contributed by atoms with Gasteiger partial charge in [-0.25, -0.2) is 14.8 Å². The summed E-state index contributed by atoms with van der Waals surface area (Å²) in [5.41, 5.74) is 4.28. The van der Waals surface area contributed by atoms with Gasteiger partial charge >= 0.3 is 6.03 Å². The fourth-order valence-corrected chi connectivity index (χ4v) is 4.19. The highest BCUT2D eigenvalue weighted by Gasteiger charge is 2.27. The number of nitrogens with zero attached hydrogens (tertiary/aromatic N) is 4. The predicted molar refractivity (Wildman–Crippen MR) is 119 cm³/mol. The smallest absolute Gasteiger partial charge is 0.317 e. The summed E-state index contributed by atoms with van der Waals surface area (Å²) in [5, 5.41) is 3.06. The molecule has 0 aliphatic carbocycles. The SMILES string of the molecule is Cc1ccc(CNC(=O)N2CCC(n3c(CC(C)C)nc4cccnc43)CC2)cc1. The number of benzene rings is 1. The molecule has 0 unspecified atom stereocenters. The molecule has 0 atom stereocenters. The van der Waals surface area contributed by atoms with E-state index >= 15 is 0 Å². The largest absolute Gasteiger partial charge is 0.334 e. The molecule has 1 aliphatic rings. The van der Waals surface area contributed by atoms with Gasteiger partial charge in [-0.2, -0.15) is 0 Å². The van der Waals surface area contributed by atoms with Gasteiger partial charge < -0.3 is 14.8 Å². The van der Waals surface area contributed by atoms with Gasteiger partial charge in [-0.3, -0.25) is 0 Å². The molecule has 3 aromatic rings. The zero-order valence-electron chi connectivity index (χ0n) is 18.1. The van der Waals surface area contributed by atoms with Gasteiger partial charge in [-0.05, 0) is 43.4 Å². The van der Waals surface area contributed by atoms with Crippen LogP contribution in [0.4, 0.5) is 4.79 Å². The number of aryl methyl sites for hydroxylation is 1. The number of carbonyl (C=O) groups excluding carboxylic acids is 1. The summed E-state index contributed by atoms with van der Waals surface area (Å²) >= 11 is 0. The van der Waals surface area contributed by atoms with Crippen molar-refractivity contribution in [3.05, 3.63) is 59.5 Å². The number of imidazole rings is 1. The van der Waals surface area contributed by atoms with Crippen LogP contribution in [-0.2, 0) is 13.0 Å². The maximum absolute atomic E-state index is 12.6. The predicted octanol–water partition coefficient (Wildman–Crippen LogP) is 4.48. The van der Waals surface area contributed by atoms with E-state index in [1.165, 1.54) is 5.56 Å². The molecular formula is C24H31N5O. The molecule has 4 rings (SSSR count). The Morgan fingerprint density at radius 3 is 2.60 bits per heavy atom. The zero-order chi connectivity index (χ0) is 21.1. The van der Waals surface area contributed by atoms with Gasteiger partial charge in [-0.1, -0.05) is 43.7 Å². The number of likely N-dealkylation sites (tertiary alicyclic amines) is 1. The average Bonchev–Trinajstić information content (AvgIpc) is 3.10. The summed E-state index contributed by atoms with van der Waals surface area (Å²) in [6, 6.07) is 12.6. The van der Waals surface area contributed by atoms with Crippen LogP contribution in [0.25, 0.3) is 11.2 Å². The quantitative estimate of drug-likeness (QED) is 0.680. The average molecular weight is 406 g/mol. The van der Waals surface area contributed by atoms with E-state index in [1.807, 2.05) is 23.2 Å². The number of urea groups is 1. The Hall–Kier alpha value is -2.89. The standard InChI is InChI=1S/C24H31N5O/c1-17(2)15-22-27-21-5-4-12-25-23(21)29(22)20-10-13-28(14-11-20)24(30)26-16-19-8-6-18(3)7-9-19/h4-9,12,17,20H,10-11,13-16H2,1-3H3,(H,26,30). The number of rotatable bonds is 5. The molecular weight excluding hydrogens is 374 g/mol. The van der Waals surface area contributed by atoms with Crippen LogP contribution in [0.1, 0.15) is 49.7 Å². The number of carbonyl (C=O) groups is 1. The molecule has 1 aliphatic heterocycles. The van der Waals surface area contributed by atoms with Gasteiger partial charge in [0.1, 0.15) is 11.3 Å². The van der Waals surface area contributed by atoms with Crippen molar-refractivity contribution >= 4 is 17.2 Å². The summed E-state index contributed by atoms with van der Waals surface area (Å²) in [7, 11) is 0. The minimum Gasteiger partial charge on any atom is -0.334 e. The molecule has 6 nitrogen and oxygen atoms in total. The molecule has 3 heterocycles. The third-order valence-corrected chi connectivity index (χ3v) is 5.79. The molecule has 0 bridgehead atoms. The van der Waals surface area contributed by atoms with Crippen LogP contribution in [0.5, 0.6) is 0 Å². The fourth-order valence-electron chi connectivity index (χ4n) is 4.19. The Morgan fingerprint density at radius 2 is 1.90 bits per heavy atom. The second-order valence-electron chi connectivity index (χ2n) is 8.70. The summed E-state index contributed by atoms with van der Waals surface area (Å²) < 4.78 is 2.33. The second kappa shape index (κ2) is 8.86. The van der Waals surface area contributed by atoms with E-state index < -0.39 is 0 Å². The normalized spacial score (nSPS) is 15.1. The zero-order valence-corrected chi connectivity index (χ0v) is 18.1. The molecule has 2 amide bonds. The van der Waals surface area contributed by atoms with Gasteiger partial charge in [-0.15, -0.1) is 0 Å². The number of pyridine rings is 1. The van der Waals surface area contributed by atoms with E-state index in [4.69, 9.17) is 4.98 Å². The van der Waals surface area contributed by atoms with E-state index in [1.54, 1.807) is 0 Å². The van der Waals surface area contributed by atoms with Crippen LogP contribution in [-0.4, -0.2) is 38.6 Å². The Balaban J connectivity index is 1.40. The highest BCUT2D eigenvalue weighted by atomic mass is 16.2. The van der Waals surface area contributed by atoms with Crippen LogP contribution >= 0.6 is 0 Å². The van der Waals surface area contributed by atoms with Gasteiger partial charge in [0.25, 0.3) is 0 Å². The topological polar surface area (TPSA) is 63.1 Å². The lowest BCUT2D eigenvalue weighted by Crippen LogP contribution is -2.44. The summed E-state index contributed by atoms with van der Waals surface area (Å²) in [6.45, 7) is 8.57. The molecule has 1 N–H and O–H groups in total. The van der Waals surface area contributed by atoms with Crippen molar-refractivity contribution in [2.45, 2.75) is 52.6 Å². The van der Waals surface area contributed by atoms with Crippen molar-refractivity contribution in [2.24, 2.45) is 5.92 Å². The maximum Gasteiger partial charge on any atom is 0.317 e. The van der Waals surface area contributed by atoms with Crippen LogP contribution < -0.4 is 5.32 Å². The lowest BCUT2D eigenvalue weighted by Gasteiger charge is -2.33. The van der Waals surface area contributed by atoms with Crippen molar-refractivity contribution in [2.75, 3.05) is 13.1 Å². The number of amides is 2. The van der Waals surface area contributed by atoms with Crippen LogP contribution in [0.15, 0.2) is 42.6 Å². The van der Waals surface area contributed by atoms with Crippen molar-refractivity contribution in [3.8, 4) is 0 Å². The Bertz CT molecular complexity index is 1000. The van der Waals surface area contributed by atoms with E-state index in [9.17, 15) is 4.79 Å². The number of hydrogen-bond donors (Lipinski definition) is 1. The molecule has 0 saturated carbocycles. The van der Waals surface area contributed by atoms with Crippen LogP contribution in [0.2, 0.25) is 0 Å². The van der Waals surface area contributed by atoms with Crippen LogP contribution in [0.3, 0.4) is 0 Å². The highest BCUT2D eigenvalue weighted by molar-refractivity contribution is 5.74. The number of aromatic nitrogens is 3. The van der Waals surface area contributed by atoms with Crippen molar-refractivity contribution in [1.82, 2.24) is 24.8 Å². The van der Waals surface area contributed by atoms with Crippen molar-refractivity contribution in [3.63, 3.8) is 0 Å². The number of hydrogen-bond acceptors (Lipinski definition) is 3. The van der Waals surface area contributed by atoms with E-state index in [0.717, 1.165) is 54.9 Å². The fraction of sp³-hybridized carbons (Fsp3) is 0.458. The molecule has 30 heavy (non-hydrogen) atoms. The van der Waals surface area contributed by atoms with Crippen LogP contribution in [0, 0.1) is 12.8 Å². The molecule has 6 heteroatoms. The number of nitrogens with one attached hydrogen (secondary N) is 1. The van der Waals surface area contributed by atoms with Gasteiger partial charge in [0.15, 0.2) is 5.65 Å². The van der Waals surface area contributed by atoms with Gasteiger partial charge in [0.2, 0.25) is 0 Å². The van der Waals surface area contributed by atoms with E-state index in [0.29, 0.717) is 18.5 Å². The Morgan fingerprint density at radius 1 is 1.17 bits per heavy atom. The highest BCUT2D eigenvalue weighted by Crippen LogP contribution is 2.29. The lowest BCUT2D eigenvalue weighted by molar-refractivity contribution is 0.171. The molecule has 1 saturated heterocycles. The molecule has 1 fully saturated rings. The first-order chi connectivity index (χ1) is 14.5. The third-order valence-electron chi connectivity index (χ3n) is 5.79. The first-order valence-corrected chi connectivity index (χ1v) is 10.9. The molecule has 0 spiro atoms. The Kier molecular flexibility index (Phi) is 6.02. The monoisotopic (exact) mass is 405 g/mol. The maximum atomic E-state index is 12.6. The third kappa shape index (κ3) is 4.48. The summed E-state index contributed by atoms with van der Waals surface area (Å²) in [5.74, 6) is 1.65.